The Balaban J connectivity index is 2.91. The molecule has 20 heavy (non-hydrogen) atoms. The van der Waals surface area contributed by atoms with Gasteiger partial charge in [-0.2, -0.15) is 29.9 Å². The number of aromatic nitrogens is 2. The molecule has 0 saturated carbocycles. The third kappa shape index (κ3) is 4.16. The van der Waals surface area contributed by atoms with E-state index in [1.165, 1.54) is 0 Å². The van der Waals surface area contributed by atoms with Crippen LogP contribution in [0.5, 0.6) is 0 Å². The number of thioether (sulfide) groups is 1. The number of hydrogen-bond acceptors (Lipinski definition) is 5. The van der Waals surface area contributed by atoms with Crippen LogP contribution in [0.3, 0.4) is 0 Å². The van der Waals surface area contributed by atoms with Crippen molar-refractivity contribution in [2.24, 2.45) is 0 Å². The van der Waals surface area contributed by atoms with Crippen LogP contribution < -0.4 is 11.1 Å². The molecule has 4 nitrogen and oxygen atoms in total. The zero-order valence-corrected chi connectivity index (χ0v) is 12.5. The lowest BCUT2D eigenvalue weighted by atomic mass is 10.0. The van der Waals surface area contributed by atoms with Gasteiger partial charge >= 0.3 is 6.18 Å². The molecule has 1 aromatic heterocycles. The highest BCUT2D eigenvalue weighted by Crippen LogP contribution is 2.32. The molecule has 3 N–H and O–H groups in total. The van der Waals surface area contributed by atoms with Gasteiger partial charge in [0.05, 0.1) is 0 Å². The Morgan fingerprint density at radius 1 is 1.25 bits per heavy atom. The maximum Gasteiger partial charge on any atom is 0.433 e. The molecule has 1 aromatic rings. The maximum atomic E-state index is 12.6. The molecule has 0 spiro atoms. The van der Waals surface area contributed by atoms with E-state index in [-0.39, 0.29) is 16.5 Å². The van der Waals surface area contributed by atoms with Gasteiger partial charge in [-0.25, -0.2) is 4.98 Å². The second-order valence-corrected chi connectivity index (χ2v) is 5.72. The Labute approximate surface area is 120 Å². The molecule has 114 valence electrons. The van der Waals surface area contributed by atoms with Crippen LogP contribution in [0.1, 0.15) is 32.4 Å². The van der Waals surface area contributed by atoms with Crippen molar-refractivity contribution in [1.29, 1.82) is 0 Å². The summed E-state index contributed by atoms with van der Waals surface area (Å²) in [5.41, 5.74) is 4.29. The molecule has 0 bridgehead atoms. The molecule has 0 radical (unpaired) electrons. The predicted octanol–water partition coefficient (Wildman–Crippen LogP) is 3.41. The van der Waals surface area contributed by atoms with Gasteiger partial charge < -0.3 is 11.1 Å². The first kappa shape index (κ1) is 16.9. The van der Waals surface area contributed by atoms with Crippen molar-refractivity contribution in [3.05, 3.63) is 11.8 Å². The van der Waals surface area contributed by atoms with E-state index >= 15 is 0 Å². The highest BCUT2D eigenvalue weighted by molar-refractivity contribution is 8.00. The molecule has 1 heterocycles. The van der Waals surface area contributed by atoms with Gasteiger partial charge in [0.1, 0.15) is 5.82 Å². The predicted molar refractivity (Wildman–Crippen MR) is 76.8 cm³/mol. The summed E-state index contributed by atoms with van der Waals surface area (Å²) in [5, 5.41) is 2.94. The first-order valence-corrected chi connectivity index (χ1v) is 7.49. The average Bonchev–Trinajstić information content (AvgIpc) is 2.39. The van der Waals surface area contributed by atoms with E-state index in [2.05, 4.69) is 29.1 Å². The molecule has 0 aliphatic heterocycles. The minimum absolute atomic E-state index is 0.0297. The molecule has 0 atom stereocenters. The quantitative estimate of drug-likeness (QED) is 0.843. The minimum Gasteiger partial charge on any atom is -0.368 e. The average molecular weight is 308 g/mol. The highest BCUT2D eigenvalue weighted by Gasteiger charge is 2.34. The van der Waals surface area contributed by atoms with E-state index in [0.717, 1.165) is 18.9 Å². The Morgan fingerprint density at radius 2 is 1.85 bits per heavy atom. The number of nitrogens with one attached hydrogen (secondary N) is 1. The van der Waals surface area contributed by atoms with Crippen molar-refractivity contribution in [3.63, 3.8) is 0 Å². The van der Waals surface area contributed by atoms with Crippen LogP contribution in [0.2, 0.25) is 0 Å². The number of hydrogen-bond donors (Lipinski definition) is 2. The lowest BCUT2D eigenvalue weighted by Crippen LogP contribution is -2.32. The Kier molecular flexibility index (Phi) is 5.50. The Hall–Kier alpha value is -1.18. The fourth-order valence-electron chi connectivity index (χ4n) is 1.81. The summed E-state index contributed by atoms with van der Waals surface area (Å²) in [4.78, 5) is 7.01. The Bertz CT molecular complexity index is 439. The summed E-state index contributed by atoms with van der Waals surface area (Å²) in [6, 6.07) is 0.882. The summed E-state index contributed by atoms with van der Waals surface area (Å²) in [7, 11) is 0. The zero-order chi connectivity index (χ0) is 15.4. The largest absolute Gasteiger partial charge is 0.433 e. The van der Waals surface area contributed by atoms with Crippen molar-refractivity contribution in [1.82, 2.24) is 9.97 Å². The summed E-state index contributed by atoms with van der Waals surface area (Å²) in [6.45, 7) is 4.63. The second kappa shape index (κ2) is 6.51. The summed E-state index contributed by atoms with van der Waals surface area (Å²) in [5.74, 6) is -0.282. The first-order chi connectivity index (χ1) is 9.26. The fraction of sp³-hybridized carbons (Fsp3) is 0.667. The summed E-state index contributed by atoms with van der Waals surface area (Å²) < 4.78 is 37.9. The molecular weight excluding hydrogens is 289 g/mol. The van der Waals surface area contributed by atoms with Crippen LogP contribution in [0.4, 0.5) is 24.9 Å². The molecule has 0 saturated heterocycles. The van der Waals surface area contributed by atoms with E-state index in [1.54, 1.807) is 11.8 Å². The Morgan fingerprint density at radius 3 is 2.30 bits per heavy atom. The highest BCUT2D eigenvalue weighted by atomic mass is 32.2. The number of rotatable bonds is 6. The first-order valence-electron chi connectivity index (χ1n) is 6.27. The molecule has 0 fully saturated rings. The topological polar surface area (TPSA) is 63.8 Å². The van der Waals surface area contributed by atoms with Gasteiger partial charge in [0, 0.05) is 17.4 Å². The van der Waals surface area contributed by atoms with Gasteiger partial charge in [0.15, 0.2) is 5.69 Å². The van der Waals surface area contributed by atoms with E-state index in [4.69, 9.17) is 5.73 Å². The molecule has 0 aliphatic rings. The number of nitrogens with zero attached hydrogens (tertiary/aromatic N) is 2. The minimum atomic E-state index is -4.53. The van der Waals surface area contributed by atoms with E-state index < -0.39 is 11.9 Å². The van der Waals surface area contributed by atoms with Crippen molar-refractivity contribution in [2.45, 2.75) is 37.6 Å². The zero-order valence-electron chi connectivity index (χ0n) is 11.7. The van der Waals surface area contributed by atoms with Crippen molar-refractivity contribution in [2.75, 3.05) is 23.9 Å². The van der Waals surface area contributed by atoms with Gasteiger partial charge in [-0.05, 0) is 19.1 Å². The third-order valence-corrected chi connectivity index (χ3v) is 4.93. The van der Waals surface area contributed by atoms with Gasteiger partial charge in [-0.15, -0.1) is 0 Å². The van der Waals surface area contributed by atoms with E-state index in [0.29, 0.717) is 6.54 Å². The summed E-state index contributed by atoms with van der Waals surface area (Å²) >= 11 is 1.69. The molecule has 0 amide bonds. The van der Waals surface area contributed by atoms with Crippen LogP contribution in [0.15, 0.2) is 6.07 Å². The molecule has 1 rings (SSSR count). The van der Waals surface area contributed by atoms with Crippen molar-refractivity contribution < 1.29 is 13.2 Å². The number of nitrogen functional groups attached to an aromatic ring is 1. The molecular formula is C12H19F3N4S. The molecule has 0 aromatic carbocycles. The van der Waals surface area contributed by atoms with Crippen LogP contribution in [0.25, 0.3) is 0 Å². The number of alkyl halides is 3. The van der Waals surface area contributed by atoms with Gasteiger partial charge in [-0.1, -0.05) is 13.8 Å². The van der Waals surface area contributed by atoms with Crippen LogP contribution >= 0.6 is 11.8 Å². The van der Waals surface area contributed by atoms with Gasteiger partial charge in [-0.3, -0.25) is 0 Å². The van der Waals surface area contributed by atoms with Crippen LogP contribution in [-0.4, -0.2) is 27.5 Å². The number of halogens is 3. The standard InChI is InChI=1S/C12H19F3N4S/c1-4-11(5-2,20-3)7-17-9-6-8(12(13,14)15)18-10(16)19-9/h6H,4-5,7H2,1-3H3,(H3,16,17,18,19). The fourth-order valence-corrected chi connectivity index (χ4v) is 2.61. The van der Waals surface area contributed by atoms with Crippen LogP contribution in [0, 0.1) is 0 Å². The number of anilines is 2. The normalized spacial score (nSPS) is 12.5. The maximum absolute atomic E-state index is 12.6. The monoisotopic (exact) mass is 308 g/mol. The van der Waals surface area contributed by atoms with E-state index in [9.17, 15) is 13.2 Å². The third-order valence-electron chi connectivity index (χ3n) is 3.35. The second-order valence-electron chi connectivity index (χ2n) is 4.44. The summed E-state index contributed by atoms with van der Waals surface area (Å²) in [6.07, 6.45) is -0.724. The molecule has 0 aliphatic carbocycles. The smallest absolute Gasteiger partial charge is 0.368 e. The SMILES string of the molecule is CCC(CC)(CNc1cc(C(F)(F)F)nc(N)n1)SC. The number of nitrogens with two attached hydrogens (primary N) is 1. The van der Waals surface area contributed by atoms with E-state index in [1.807, 2.05) is 6.26 Å². The van der Waals surface area contributed by atoms with Crippen molar-refractivity contribution in [3.8, 4) is 0 Å². The lowest BCUT2D eigenvalue weighted by Gasteiger charge is -2.30. The van der Waals surface area contributed by atoms with Gasteiger partial charge in [0.25, 0.3) is 0 Å². The molecule has 8 heteroatoms. The lowest BCUT2D eigenvalue weighted by molar-refractivity contribution is -0.141. The molecule has 0 unspecified atom stereocenters. The van der Waals surface area contributed by atoms with Crippen LogP contribution in [-0.2, 0) is 6.18 Å². The van der Waals surface area contributed by atoms with Gasteiger partial charge in [0.2, 0.25) is 5.95 Å². The van der Waals surface area contributed by atoms with Crippen molar-refractivity contribution >= 4 is 23.5 Å².